The van der Waals surface area contributed by atoms with Crippen LogP contribution < -0.4 is 15.5 Å². The lowest BCUT2D eigenvalue weighted by molar-refractivity contribution is -0.129. The molecule has 2 N–H and O–H groups in total. The van der Waals surface area contributed by atoms with Gasteiger partial charge >= 0.3 is 0 Å². The van der Waals surface area contributed by atoms with Crippen LogP contribution in [-0.2, 0) is 4.79 Å². The summed E-state index contributed by atoms with van der Waals surface area (Å²) in [7, 11) is 0. The molecule has 1 saturated heterocycles. The predicted molar refractivity (Wildman–Crippen MR) is 99.4 cm³/mol. The van der Waals surface area contributed by atoms with Gasteiger partial charge in [0.25, 0.3) is 0 Å². The highest BCUT2D eigenvalue weighted by atomic mass is 16.2. The molecule has 0 aliphatic carbocycles. The second-order valence-electron chi connectivity index (χ2n) is 5.57. The van der Waals surface area contributed by atoms with Gasteiger partial charge in [0.2, 0.25) is 5.91 Å². The number of hydrogen-bond donors (Lipinski definition) is 2. The Bertz CT molecular complexity index is 550. The first kappa shape index (κ1) is 17.8. The summed E-state index contributed by atoms with van der Waals surface area (Å²) < 4.78 is 0. The van der Waals surface area contributed by atoms with Crippen molar-refractivity contribution < 1.29 is 4.79 Å². The van der Waals surface area contributed by atoms with Gasteiger partial charge in [0.1, 0.15) is 6.54 Å². The number of hydrogen-bond acceptors (Lipinski definition) is 3. The zero-order valence-electron chi connectivity index (χ0n) is 14.4. The van der Waals surface area contributed by atoms with Gasteiger partial charge in [-0.15, -0.1) is 6.58 Å². The Balaban J connectivity index is 1.82. The summed E-state index contributed by atoms with van der Waals surface area (Å²) in [4.78, 5) is 20.9. The van der Waals surface area contributed by atoms with Crippen molar-refractivity contribution in [3.05, 3.63) is 43.0 Å². The van der Waals surface area contributed by atoms with E-state index in [1.54, 1.807) is 6.08 Å². The molecule has 130 valence electrons. The summed E-state index contributed by atoms with van der Waals surface area (Å²) in [6.07, 6.45) is 1.76. The van der Waals surface area contributed by atoms with Crippen LogP contribution in [0.3, 0.4) is 0 Å². The number of nitrogens with zero attached hydrogens (tertiary/aromatic N) is 3. The molecule has 1 amide bonds. The molecule has 1 aliphatic rings. The van der Waals surface area contributed by atoms with E-state index in [0.717, 1.165) is 32.7 Å². The summed E-state index contributed by atoms with van der Waals surface area (Å²) >= 11 is 0. The first-order valence-corrected chi connectivity index (χ1v) is 8.45. The van der Waals surface area contributed by atoms with Gasteiger partial charge in [-0.2, -0.15) is 0 Å². The quantitative estimate of drug-likeness (QED) is 0.466. The molecule has 6 nitrogen and oxygen atoms in total. The highest BCUT2D eigenvalue weighted by molar-refractivity contribution is 5.85. The SMILES string of the molecule is C=CCNC(=NCC(=O)N1CCN(c2ccccc2)CC1)NCC. The molecule has 1 heterocycles. The van der Waals surface area contributed by atoms with E-state index in [9.17, 15) is 4.79 Å². The second kappa shape index (κ2) is 9.60. The molecular formula is C18H27N5O. The lowest BCUT2D eigenvalue weighted by Gasteiger charge is -2.36. The van der Waals surface area contributed by atoms with E-state index in [-0.39, 0.29) is 12.5 Å². The zero-order chi connectivity index (χ0) is 17.2. The van der Waals surface area contributed by atoms with Crippen molar-refractivity contribution in [3.8, 4) is 0 Å². The Morgan fingerprint density at radius 1 is 1.21 bits per heavy atom. The van der Waals surface area contributed by atoms with E-state index in [1.807, 2.05) is 30.0 Å². The number of nitrogens with one attached hydrogen (secondary N) is 2. The molecule has 1 aliphatic heterocycles. The van der Waals surface area contributed by atoms with Crippen molar-refractivity contribution in [2.75, 3.05) is 50.7 Å². The van der Waals surface area contributed by atoms with Crippen LogP contribution in [0, 0.1) is 0 Å². The maximum absolute atomic E-state index is 12.3. The fourth-order valence-corrected chi connectivity index (χ4v) is 2.61. The van der Waals surface area contributed by atoms with Crippen LogP contribution in [0.5, 0.6) is 0 Å². The van der Waals surface area contributed by atoms with Crippen molar-refractivity contribution in [3.63, 3.8) is 0 Å². The molecule has 0 aromatic heterocycles. The number of guanidine groups is 1. The fourth-order valence-electron chi connectivity index (χ4n) is 2.61. The van der Waals surface area contributed by atoms with Crippen LogP contribution >= 0.6 is 0 Å². The van der Waals surface area contributed by atoms with E-state index in [1.165, 1.54) is 5.69 Å². The lowest BCUT2D eigenvalue weighted by Crippen LogP contribution is -2.49. The largest absolute Gasteiger partial charge is 0.368 e. The third kappa shape index (κ3) is 5.30. The maximum Gasteiger partial charge on any atom is 0.244 e. The molecule has 6 heteroatoms. The van der Waals surface area contributed by atoms with Crippen molar-refractivity contribution in [2.45, 2.75) is 6.92 Å². The minimum Gasteiger partial charge on any atom is -0.368 e. The third-order valence-electron chi connectivity index (χ3n) is 3.88. The molecule has 0 saturated carbocycles. The van der Waals surface area contributed by atoms with Crippen molar-refractivity contribution >= 4 is 17.6 Å². The topological polar surface area (TPSA) is 60.0 Å². The number of amides is 1. The van der Waals surface area contributed by atoms with Gasteiger partial charge in [-0.1, -0.05) is 24.3 Å². The Labute approximate surface area is 144 Å². The summed E-state index contributed by atoms with van der Waals surface area (Å²) in [6.45, 7) is 10.4. The van der Waals surface area contributed by atoms with E-state index in [4.69, 9.17) is 0 Å². The molecule has 0 unspecified atom stereocenters. The van der Waals surface area contributed by atoms with Crippen molar-refractivity contribution in [1.29, 1.82) is 0 Å². The van der Waals surface area contributed by atoms with Gasteiger partial charge in [-0.25, -0.2) is 4.99 Å². The van der Waals surface area contributed by atoms with E-state index in [2.05, 4.69) is 39.2 Å². The summed E-state index contributed by atoms with van der Waals surface area (Å²) in [6, 6.07) is 10.3. The van der Waals surface area contributed by atoms with Crippen LogP contribution in [0.25, 0.3) is 0 Å². The number of rotatable bonds is 6. The molecule has 0 spiro atoms. The van der Waals surface area contributed by atoms with Crippen LogP contribution in [0.2, 0.25) is 0 Å². The second-order valence-corrected chi connectivity index (χ2v) is 5.57. The average molecular weight is 329 g/mol. The van der Waals surface area contributed by atoms with Crippen LogP contribution in [0.4, 0.5) is 5.69 Å². The fraction of sp³-hybridized carbons (Fsp3) is 0.444. The molecule has 2 rings (SSSR count). The number of carbonyl (C=O) groups is 1. The summed E-state index contributed by atoms with van der Waals surface area (Å²) in [5, 5.41) is 6.22. The van der Waals surface area contributed by atoms with Gasteiger partial charge in [0.05, 0.1) is 0 Å². The number of aliphatic imine (C=N–C) groups is 1. The molecular weight excluding hydrogens is 302 g/mol. The van der Waals surface area contributed by atoms with E-state index >= 15 is 0 Å². The average Bonchev–Trinajstić information content (AvgIpc) is 2.64. The lowest BCUT2D eigenvalue weighted by atomic mass is 10.2. The standard InChI is InChI=1S/C18H27N5O/c1-3-10-20-18(19-4-2)21-15-17(24)23-13-11-22(12-14-23)16-8-6-5-7-9-16/h3,5-9H,1,4,10-15H2,2H3,(H2,19,20,21). The van der Waals surface area contributed by atoms with Crippen LogP contribution in [0.1, 0.15) is 6.92 Å². The monoisotopic (exact) mass is 329 g/mol. The minimum absolute atomic E-state index is 0.0681. The van der Waals surface area contributed by atoms with Crippen LogP contribution in [-0.4, -0.2) is 62.6 Å². The molecule has 1 aromatic rings. The van der Waals surface area contributed by atoms with Crippen LogP contribution in [0.15, 0.2) is 48.0 Å². The van der Waals surface area contributed by atoms with Gasteiger partial charge in [0.15, 0.2) is 5.96 Å². The summed E-state index contributed by atoms with van der Waals surface area (Å²) in [5.41, 5.74) is 1.21. The van der Waals surface area contributed by atoms with Crippen molar-refractivity contribution in [1.82, 2.24) is 15.5 Å². The molecule has 24 heavy (non-hydrogen) atoms. The molecule has 0 radical (unpaired) electrons. The Morgan fingerprint density at radius 2 is 1.92 bits per heavy atom. The molecule has 0 bridgehead atoms. The number of anilines is 1. The molecule has 0 atom stereocenters. The molecule has 1 aromatic carbocycles. The van der Waals surface area contributed by atoms with Crippen molar-refractivity contribution in [2.24, 2.45) is 4.99 Å². The van der Waals surface area contributed by atoms with Gasteiger partial charge in [-0.05, 0) is 19.1 Å². The smallest absolute Gasteiger partial charge is 0.244 e. The predicted octanol–water partition coefficient (Wildman–Crippen LogP) is 1.08. The van der Waals surface area contributed by atoms with E-state index in [0.29, 0.717) is 12.5 Å². The van der Waals surface area contributed by atoms with Gasteiger partial charge in [-0.3, -0.25) is 4.79 Å². The van der Waals surface area contributed by atoms with Gasteiger partial charge in [0, 0.05) is 45.0 Å². The number of para-hydroxylation sites is 1. The Hall–Kier alpha value is -2.50. The highest BCUT2D eigenvalue weighted by Gasteiger charge is 2.20. The van der Waals surface area contributed by atoms with Gasteiger partial charge < -0.3 is 20.4 Å². The Kier molecular flexibility index (Phi) is 7.14. The third-order valence-corrected chi connectivity index (χ3v) is 3.88. The first-order valence-electron chi connectivity index (χ1n) is 8.45. The highest BCUT2D eigenvalue weighted by Crippen LogP contribution is 2.15. The normalized spacial score (nSPS) is 15.1. The molecule has 1 fully saturated rings. The number of piperazine rings is 1. The first-order chi connectivity index (χ1) is 11.7. The zero-order valence-corrected chi connectivity index (χ0v) is 14.4. The number of carbonyl (C=O) groups excluding carboxylic acids is 1. The Morgan fingerprint density at radius 3 is 2.54 bits per heavy atom. The van der Waals surface area contributed by atoms with E-state index < -0.39 is 0 Å². The maximum atomic E-state index is 12.3. The summed E-state index contributed by atoms with van der Waals surface area (Å²) in [5.74, 6) is 0.715. The minimum atomic E-state index is 0.0681. The number of benzene rings is 1.